The number of aliphatic carboxylic acids is 1. The molecule has 10 nitrogen and oxygen atoms in total. The van der Waals surface area contributed by atoms with E-state index in [0.717, 1.165) is 25.7 Å². The highest BCUT2D eigenvalue weighted by Crippen LogP contribution is 2.30. The zero-order chi connectivity index (χ0) is 23.4. The van der Waals surface area contributed by atoms with E-state index in [2.05, 4.69) is 20.6 Å². The number of carboxylic acid groups (broad SMARTS) is 1. The van der Waals surface area contributed by atoms with Crippen LogP contribution in [0.1, 0.15) is 56.3 Å². The largest absolute Gasteiger partial charge is 0.489 e. The summed E-state index contributed by atoms with van der Waals surface area (Å²) in [4.78, 5) is 28.0. The number of carbonyl (C=O) groups excluding carboxylic acids is 1. The fourth-order valence-electron chi connectivity index (χ4n) is 4.29. The van der Waals surface area contributed by atoms with E-state index < -0.39 is 12.1 Å². The molecule has 2 N–H and O–H groups in total. The summed E-state index contributed by atoms with van der Waals surface area (Å²) in [7, 11) is 1.76. The van der Waals surface area contributed by atoms with E-state index >= 15 is 0 Å². The monoisotopic (exact) mass is 457 g/mol. The summed E-state index contributed by atoms with van der Waals surface area (Å²) in [6, 6.07) is 3.64. The highest BCUT2D eigenvalue weighted by molar-refractivity contribution is 5.70. The van der Waals surface area contributed by atoms with Crippen LogP contribution >= 0.6 is 0 Å². The maximum Gasteiger partial charge on any atom is 0.407 e. The van der Waals surface area contributed by atoms with Gasteiger partial charge in [-0.3, -0.25) is 4.79 Å². The topological polar surface area (TPSA) is 128 Å². The highest BCUT2D eigenvalue weighted by atomic mass is 16.5. The van der Waals surface area contributed by atoms with Crippen LogP contribution in [0, 0.1) is 18.8 Å². The highest BCUT2D eigenvalue weighted by Gasteiger charge is 2.28. The van der Waals surface area contributed by atoms with Crippen molar-refractivity contribution in [2.75, 3.05) is 6.61 Å². The molecule has 2 aliphatic rings. The van der Waals surface area contributed by atoms with Crippen molar-refractivity contribution in [1.29, 1.82) is 0 Å². The summed E-state index contributed by atoms with van der Waals surface area (Å²) in [6.45, 7) is 2.53. The number of nitrogens with one attached hydrogen (secondary N) is 1. The van der Waals surface area contributed by atoms with E-state index in [1.54, 1.807) is 11.7 Å². The summed E-state index contributed by atoms with van der Waals surface area (Å²) >= 11 is 0. The minimum absolute atomic E-state index is 0.131. The third-order valence-corrected chi connectivity index (χ3v) is 6.57. The third-order valence-electron chi connectivity index (χ3n) is 6.57. The predicted octanol–water partition coefficient (Wildman–Crippen LogP) is 3.23. The van der Waals surface area contributed by atoms with Crippen molar-refractivity contribution in [3.05, 3.63) is 23.5 Å². The van der Waals surface area contributed by atoms with Crippen LogP contribution in [-0.4, -0.2) is 49.9 Å². The van der Waals surface area contributed by atoms with Crippen LogP contribution in [0.3, 0.4) is 0 Å². The lowest BCUT2D eigenvalue weighted by Gasteiger charge is -2.27. The van der Waals surface area contributed by atoms with Gasteiger partial charge in [-0.2, -0.15) is 0 Å². The average Bonchev–Trinajstić information content (AvgIpc) is 3.13. The molecular formula is C23H31N5O5. The molecule has 10 heteroatoms. The Labute approximate surface area is 192 Å². The SMILES string of the molecule is Cc1nc(-c2nnn(C)c2CNC(=O)OCC2CCC2)ccc1O[C@H]1CCCC(C(=O)O)C1. The molecule has 1 amide bonds. The van der Waals surface area contributed by atoms with E-state index in [1.807, 2.05) is 19.1 Å². The van der Waals surface area contributed by atoms with Gasteiger partial charge in [0.15, 0.2) is 0 Å². The van der Waals surface area contributed by atoms with Crippen molar-refractivity contribution >= 4 is 12.1 Å². The van der Waals surface area contributed by atoms with Crippen LogP contribution in [0.5, 0.6) is 5.75 Å². The van der Waals surface area contributed by atoms with Crippen molar-refractivity contribution in [2.45, 2.75) is 64.5 Å². The van der Waals surface area contributed by atoms with Gasteiger partial charge in [-0.15, -0.1) is 5.10 Å². The lowest BCUT2D eigenvalue weighted by molar-refractivity contribution is -0.143. The summed E-state index contributed by atoms with van der Waals surface area (Å²) < 4.78 is 13.0. The molecule has 2 aromatic heterocycles. The van der Waals surface area contributed by atoms with Crippen LogP contribution in [0.25, 0.3) is 11.4 Å². The fraction of sp³-hybridized carbons (Fsp3) is 0.609. The first-order valence-electron chi connectivity index (χ1n) is 11.6. The number of pyridine rings is 1. The molecule has 2 fully saturated rings. The Bertz CT molecular complexity index is 1000. The molecule has 0 bridgehead atoms. The van der Waals surface area contributed by atoms with Crippen molar-refractivity contribution in [2.24, 2.45) is 18.9 Å². The van der Waals surface area contributed by atoms with E-state index in [1.165, 1.54) is 6.42 Å². The van der Waals surface area contributed by atoms with Gasteiger partial charge >= 0.3 is 12.1 Å². The maximum absolute atomic E-state index is 12.0. The van der Waals surface area contributed by atoms with E-state index in [-0.39, 0.29) is 18.6 Å². The number of hydrogen-bond donors (Lipinski definition) is 2. The lowest BCUT2D eigenvalue weighted by Crippen LogP contribution is -2.29. The maximum atomic E-state index is 12.0. The quantitative estimate of drug-likeness (QED) is 0.618. The first-order valence-corrected chi connectivity index (χ1v) is 11.6. The van der Waals surface area contributed by atoms with Crippen LogP contribution in [0.4, 0.5) is 4.79 Å². The Morgan fingerprint density at radius 3 is 2.70 bits per heavy atom. The van der Waals surface area contributed by atoms with Gasteiger partial charge in [-0.1, -0.05) is 11.6 Å². The Kier molecular flexibility index (Phi) is 7.10. The molecule has 1 unspecified atom stereocenters. The second-order valence-electron chi connectivity index (χ2n) is 8.98. The normalized spacial score (nSPS) is 20.7. The number of ether oxygens (including phenoxy) is 2. The molecule has 178 valence electrons. The molecule has 0 aliphatic heterocycles. The average molecular weight is 458 g/mol. The molecule has 0 spiro atoms. The van der Waals surface area contributed by atoms with Crippen molar-refractivity contribution in [1.82, 2.24) is 25.3 Å². The standard InChI is InChI=1S/C23H31N5O5/c1-14-20(33-17-8-4-7-16(11-17)22(29)30)10-9-18(25-14)21-19(28(2)27-26-21)12-24-23(31)32-13-15-5-3-6-15/h9-10,15-17H,3-8,11-13H2,1-2H3,(H,24,31)(H,29,30)/t16?,17-/m0/s1. The van der Waals surface area contributed by atoms with E-state index in [0.29, 0.717) is 53.9 Å². The number of carboxylic acids is 1. The van der Waals surface area contributed by atoms with Gasteiger partial charge < -0.3 is 19.9 Å². The number of aryl methyl sites for hydroxylation is 2. The molecule has 33 heavy (non-hydrogen) atoms. The lowest BCUT2D eigenvalue weighted by atomic mass is 9.86. The summed E-state index contributed by atoms with van der Waals surface area (Å²) in [6.07, 6.45) is 5.74. The van der Waals surface area contributed by atoms with Gasteiger partial charge in [0, 0.05) is 7.05 Å². The van der Waals surface area contributed by atoms with Gasteiger partial charge in [0.2, 0.25) is 0 Å². The smallest absolute Gasteiger partial charge is 0.407 e. The van der Waals surface area contributed by atoms with Crippen LogP contribution in [-0.2, 0) is 23.1 Å². The van der Waals surface area contributed by atoms with Crippen molar-refractivity contribution in [3.63, 3.8) is 0 Å². The Morgan fingerprint density at radius 2 is 2.00 bits per heavy atom. The number of hydrogen-bond acceptors (Lipinski definition) is 7. The molecule has 0 saturated heterocycles. The van der Waals surface area contributed by atoms with Gasteiger partial charge in [0.05, 0.1) is 42.3 Å². The molecule has 0 radical (unpaired) electrons. The van der Waals surface area contributed by atoms with Gasteiger partial charge in [-0.25, -0.2) is 14.5 Å². The number of amides is 1. The van der Waals surface area contributed by atoms with E-state index in [4.69, 9.17) is 9.47 Å². The number of rotatable bonds is 8. The Balaban J connectivity index is 1.39. The third kappa shape index (κ3) is 5.61. The second kappa shape index (κ2) is 10.2. The molecule has 4 rings (SSSR count). The number of carbonyl (C=O) groups is 2. The molecule has 2 aromatic rings. The Hall–Kier alpha value is -3.17. The summed E-state index contributed by atoms with van der Waals surface area (Å²) in [5, 5.41) is 20.4. The fourth-order valence-corrected chi connectivity index (χ4v) is 4.29. The van der Waals surface area contributed by atoms with Gasteiger partial charge in [-0.05, 0) is 63.5 Å². The molecule has 2 saturated carbocycles. The van der Waals surface area contributed by atoms with Crippen LogP contribution < -0.4 is 10.1 Å². The first kappa shape index (κ1) is 23.0. The molecule has 0 aromatic carbocycles. The first-order chi connectivity index (χ1) is 15.9. The van der Waals surface area contributed by atoms with Crippen molar-refractivity contribution < 1.29 is 24.2 Å². The molecule has 2 atom stereocenters. The van der Waals surface area contributed by atoms with Gasteiger partial charge in [0.25, 0.3) is 0 Å². The minimum Gasteiger partial charge on any atom is -0.489 e. The number of nitrogens with zero attached hydrogens (tertiary/aromatic N) is 4. The molecule has 2 aliphatic carbocycles. The minimum atomic E-state index is -0.760. The summed E-state index contributed by atoms with van der Waals surface area (Å²) in [5.41, 5.74) is 2.61. The predicted molar refractivity (Wildman–Crippen MR) is 119 cm³/mol. The zero-order valence-corrected chi connectivity index (χ0v) is 19.1. The van der Waals surface area contributed by atoms with Gasteiger partial charge in [0.1, 0.15) is 11.4 Å². The molecule has 2 heterocycles. The van der Waals surface area contributed by atoms with Crippen LogP contribution in [0.15, 0.2) is 12.1 Å². The summed E-state index contributed by atoms with van der Waals surface area (Å²) in [5.74, 6) is 0.00898. The van der Waals surface area contributed by atoms with Crippen molar-refractivity contribution in [3.8, 4) is 17.1 Å². The Morgan fingerprint density at radius 1 is 1.21 bits per heavy atom. The van der Waals surface area contributed by atoms with E-state index in [9.17, 15) is 14.7 Å². The number of aromatic nitrogens is 4. The van der Waals surface area contributed by atoms with Crippen LogP contribution in [0.2, 0.25) is 0 Å². The number of alkyl carbamates (subject to hydrolysis) is 1. The zero-order valence-electron chi connectivity index (χ0n) is 19.1. The second-order valence-corrected chi connectivity index (χ2v) is 8.98. The molecular weight excluding hydrogens is 426 g/mol.